The van der Waals surface area contributed by atoms with Gasteiger partial charge in [-0.05, 0) is 56.4 Å². The number of aryl methyl sites for hydroxylation is 1. The van der Waals surface area contributed by atoms with Crippen LogP contribution in [0.3, 0.4) is 0 Å². The molecule has 0 aliphatic heterocycles. The third kappa shape index (κ3) is 3.84. The van der Waals surface area contributed by atoms with Crippen molar-refractivity contribution in [3.8, 4) is 5.69 Å². The summed E-state index contributed by atoms with van der Waals surface area (Å²) in [5, 5.41) is 12.0. The molecule has 0 radical (unpaired) electrons. The lowest BCUT2D eigenvalue weighted by molar-refractivity contribution is 0.0946. The molecule has 5 rings (SSSR count). The Morgan fingerprint density at radius 3 is 2.62 bits per heavy atom. The molecule has 8 heteroatoms. The molecule has 0 spiro atoms. The quantitative estimate of drug-likeness (QED) is 0.376. The highest BCUT2D eigenvalue weighted by Gasteiger charge is 2.24. The van der Waals surface area contributed by atoms with Crippen LogP contribution >= 0.6 is 0 Å². The number of carbonyl (C=O) groups is 1. The van der Waals surface area contributed by atoms with Gasteiger partial charge in [-0.1, -0.05) is 30.7 Å². The van der Waals surface area contributed by atoms with Crippen molar-refractivity contribution in [2.75, 3.05) is 6.54 Å². The number of fused-ring (bicyclic) bond motifs is 2. The highest BCUT2D eigenvalue weighted by atomic mass is 16.2. The van der Waals surface area contributed by atoms with Gasteiger partial charge in [0.2, 0.25) is 0 Å². The van der Waals surface area contributed by atoms with Gasteiger partial charge in [0, 0.05) is 30.5 Å². The number of rotatable bonds is 6. The molecule has 164 valence electrons. The number of nitrogens with one attached hydrogen (secondary N) is 1. The van der Waals surface area contributed by atoms with Crippen LogP contribution in [0.15, 0.2) is 59.5 Å². The molecule has 3 heterocycles. The minimum Gasteiger partial charge on any atom is -0.351 e. The van der Waals surface area contributed by atoms with Crippen molar-refractivity contribution < 1.29 is 4.79 Å². The lowest BCUT2D eigenvalue weighted by Crippen LogP contribution is -2.28. The third-order valence-electron chi connectivity index (χ3n) is 5.97. The zero-order chi connectivity index (χ0) is 21.9. The average molecular weight is 431 g/mol. The van der Waals surface area contributed by atoms with E-state index in [4.69, 9.17) is 5.10 Å². The van der Waals surface area contributed by atoms with Gasteiger partial charge >= 0.3 is 5.69 Å². The minimum atomic E-state index is -0.168. The summed E-state index contributed by atoms with van der Waals surface area (Å²) < 4.78 is 4.90. The van der Waals surface area contributed by atoms with Gasteiger partial charge in [-0.2, -0.15) is 5.10 Å². The smallest absolute Gasteiger partial charge is 0.350 e. The predicted octanol–water partition coefficient (Wildman–Crippen LogP) is 2.77. The van der Waals surface area contributed by atoms with E-state index in [1.807, 2.05) is 41.1 Å². The van der Waals surface area contributed by atoms with Gasteiger partial charge in [0.1, 0.15) is 0 Å². The summed E-state index contributed by atoms with van der Waals surface area (Å²) in [7, 11) is 0. The maximum absolute atomic E-state index is 13.0. The van der Waals surface area contributed by atoms with Crippen LogP contribution in [-0.2, 0) is 19.4 Å². The lowest BCUT2D eigenvalue weighted by atomic mass is 10.1. The fourth-order valence-electron chi connectivity index (χ4n) is 4.37. The van der Waals surface area contributed by atoms with E-state index in [9.17, 15) is 9.59 Å². The highest BCUT2D eigenvalue weighted by Crippen LogP contribution is 2.26. The van der Waals surface area contributed by atoms with Gasteiger partial charge < -0.3 is 5.32 Å². The number of hydrogen-bond acceptors (Lipinski definition) is 4. The van der Waals surface area contributed by atoms with Gasteiger partial charge in [-0.25, -0.2) is 14.2 Å². The first-order chi connectivity index (χ1) is 15.7. The molecule has 0 fully saturated rings. The van der Waals surface area contributed by atoms with Crippen LogP contribution in [0.2, 0.25) is 0 Å². The summed E-state index contributed by atoms with van der Waals surface area (Å²) in [5.74, 6) is -0.153. The van der Waals surface area contributed by atoms with E-state index in [0.29, 0.717) is 30.9 Å². The molecule has 1 amide bonds. The Balaban J connectivity index is 1.29. The Bertz CT molecular complexity index is 1300. The molecule has 1 aliphatic carbocycles. The van der Waals surface area contributed by atoms with Crippen molar-refractivity contribution in [1.82, 2.24) is 29.3 Å². The van der Waals surface area contributed by atoms with Gasteiger partial charge in [0.05, 0.1) is 5.69 Å². The molecule has 8 nitrogen and oxygen atoms in total. The molecule has 1 N–H and O–H groups in total. The number of carbonyl (C=O) groups excluding carboxylic acids is 1. The summed E-state index contributed by atoms with van der Waals surface area (Å²) in [4.78, 5) is 25.4. The number of pyridine rings is 1. The summed E-state index contributed by atoms with van der Waals surface area (Å²) in [6.07, 6.45) is 7.47. The van der Waals surface area contributed by atoms with Crippen molar-refractivity contribution in [3.05, 3.63) is 82.2 Å². The Morgan fingerprint density at radius 2 is 1.78 bits per heavy atom. The average Bonchev–Trinajstić information content (AvgIpc) is 3.24. The van der Waals surface area contributed by atoms with E-state index < -0.39 is 0 Å². The van der Waals surface area contributed by atoms with Crippen LogP contribution in [0.5, 0.6) is 0 Å². The van der Waals surface area contributed by atoms with E-state index >= 15 is 0 Å². The van der Waals surface area contributed by atoms with Crippen molar-refractivity contribution in [1.29, 1.82) is 0 Å². The van der Waals surface area contributed by atoms with Crippen LogP contribution in [0.1, 0.15) is 47.4 Å². The van der Waals surface area contributed by atoms with Crippen molar-refractivity contribution >= 4 is 11.6 Å². The normalized spacial score (nSPS) is 13.6. The molecule has 0 bridgehead atoms. The minimum absolute atomic E-state index is 0.153. The van der Waals surface area contributed by atoms with Crippen molar-refractivity contribution in [2.45, 2.75) is 45.1 Å². The first-order valence-electron chi connectivity index (χ1n) is 11.2. The molecule has 4 aromatic rings. The van der Waals surface area contributed by atoms with Crippen LogP contribution in [0, 0.1) is 0 Å². The second-order valence-corrected chi connectivity index (χ2v) is 8.13. The monoisotopic (exact) mass is 430 g/mol. The van der Waals surface area contributed by atoms with E-state index in [1.165, 1.54) is 9.08 Å². The zero-order valence-corrected chi connectivity index (χ0v) is 17.9. The second-order valence-electron chi connectivity index (χ2n) is 8.13. The van der Waals surface area contributed by atoms with E-state index in [1.54, 1.807) is 18.3 Å². The fraction of sp³-hybridized carbons (Fsp3) is 0.333. The first kappa shape index (κ1) is 20.2. The number of aromatic nitrogens is 5. The Morgan fingerprint density at radius 1 is 0.969 bits per heavy atom. The summed E-state index contributed by atoms with van der Waals surface area (Å²) in [6.45, 7) is 0.892. The third-order valence-corrected chi connectivity index (χ3v) is 5.97. The van der Waals surface area contributed by atoms with Crippen LogP contribution < -0.4 is 11.0 Å². The largest absolute Gasteiger partial charge is 0.351 e. The van der Waals surface area contributed by atoms with E-state index in [-0.39, 0.29) is 11.6 Å². The van der Waals surface area contributed by atoms with Gasteiger partial charge in [0.15, 0.2) is 11.3 Å². The molecule has 0 saturated heterocycles. The number of benzene rings is 1. The van der Waals surface area contributed by atoms with Crippen molar-refractivity contribution in [2.24, 2.45) is 0 Å². The Labute approximate surface area is 185 Å². The van der Waals surface area contributed by atoms with E-state index in [0.717, 1.165) is 49.0 Å². The highest BCUT2D eigenvalue weighted by molar-refractivity contribution is 5.94. The zero-order valence-electron chi connectivity index (χ0n) is 17.9. The maximum atomic E-state index is 13.0. The number of hydrogen-bond donors (Lipinski definition) is 1. The Kier molecular flexibility index (Phi) is 5.58. The maximum Gasteiger partial charge on any atom is 0.350 e. The number of nitrogens with zero attached hydrogens (tertiary/aromatic N) is 5. The first-order valence-corrected chi connectivity index (χ1v) is 11.2. The van der Waals surface area contributed by atoms with Gasteiger partial charge in [0.25, 0.3) is 5.91 Å². The van der Waals surface area contributed by atoms with Crippen LogP contribution in [0.25, 0.3) is 11.3 Å². The van der Waals surface area contributed by atoms with Crippen LogP contribution in [0.4, 0.5) is 0 Å². The summed E-state index contributed by atoms with van der Waals surface area (Å²) in [5.41, 5.74) is 4.18. The molecule has 1 aliphatic rings. The lowest BCUT2D eigenvalue weighted by Gasteiger charge is -2.06. The number of para-hydroxylation sites is 1. The SMILES string of the molecule is O=C(NCCCn1nc2ccccn2c1=O)c1nn(-c2ccccc2)c2c1CCCCC2. The molecule has 0 atom stereocenters. The molecular weight excluding hydrogens is 404 g/mol. The summed E-state index contributed by atoms with van der Waals surface area (Å²) in [6, 6.07) is 15.4. The molecule has 32 heavy (non-hydrogen) atoms. The van der Waals surface area contributed by atoms with Gasteiger partial charge in [-0.3, -0.25) is 9.20 Å². The molecular formula is C24H26N6O2. The topological polar surface area (TPSA) is 86.2 Å². The van der Waals surface area contributed by atoms with E-state index in [2.05, 4.69) is 10.4 Å². The van der Waals surface area contributed by atoms with Crippen LogP contribution in [-0.4, -0.2) is 36.4 Å². The number of amides is 1. The molecule has 0 saturated carbocycles. The predicted molar refractivity (Wildman–Crippen MR) is 121 cm³/mol. The standard InChI is InChI=1S/C24H26N6O2/c31-23(25-15-9-17-29-24(32)28-16-8-7-14-21(28)26-29)22-19-12-5-2-6-13-20(19)30(27-22)18-10-3-1-4-11-18/h1,3-4,7-8,10-11,14,16H,2,5-6,9,12-13,15,17H2,(H,25,31). The molecule has 1 aromatic carbocycles. The summed E-state index contributed by atoms with van der Waals surface area (Å²) >= 11 is 0. The van der Waals surface area contributed by atoms with Crippen molar-refractivity contribution in [3.63, 3.8) is 0 Å². The fourth-order valence-corrected chi connectivity index (χ4v) is 4.37. The molecule has 3 aromatic heterocycles. The molecule has 0 unspecified atom stereocenters. The second kappa shape index (κ2) is 8.82. The van der Waals surface area contributed by atoms with Gasteiger partial charge in [-0.15, -0.1) is 5.10 Å². The Hall–Kier alpha value is -3.68.